The summed E-state index contributed by atoms with van der Waals surface area (Å²) in [5, 5.41) is 3.14. The van der Waals surface area contributed by atoms with Gasteiger partial charge in [-0.1, -0.05) is 38.1 Å². The van der Waals surface area contributed by atoms with E-state index in [2.05, 4.69) is 10.2 Å². The second-order valence-corrected chi connectivity index (χ2v) is 9.87. The molecular formula is C25H38N4O3. The first-order valence-electron chi connectivity index (χ1n) is 11.8. The normalized spacial score (nSPS) is 22.2. The van der Waals surface area contributed by atoms with E-state index in [4.69, 9.17) is 0 Å². The van der Waals surface area contributed by atoms with Crippen LogP contribution in [-0.4, -0.2) is 78.4 Å². The number of imide groups is 1. The minimum atomic E-state index is -0.950. The van der Waals surface area contributed by atoms with Gasteiger partial charge in [-0.3, -0.25) is 14.5 Å². The Kier molecular flexibility index (Phi) is 7.59. The average Bonchev–Trinajstić information content (AvgIpc) is 2.99. The number of piperidine rings is 1. The van der Waals surface area contributed by atoms with E-state index in [0.29, 0.717) is 38.9 Å². The van der Waals surface area contributed by atoms with Gasteiger partial charge in [0.1, 0.15) is 5.54 Å². The van der Waals surface area contributed by atoms with Crippen LogP contribution >= 0.6 is 0 Å². The van der Waals surface area contributed by atoms with Crippen molar-refractivity contribution < 1.29 is 14.4 Å². The highest BCUT2D eigenvalue weighted by Gasteiger charge is 2.56. The summed E-state index contributed by atoms with van der Waals surface area (Å²) < 4.78 is 0. The van der Waals surface area contributed by atoms with Crippen LogP contribution in [0, 0.1) is 18.8 Å². The van der Waals surface area contributed by atoms with Gasteiger partial charge in [0.25, 0.3) is 5.91 Å². The van der Waals surface area contributed by atoms with Crippen molar-refractivity contribution in [3.8, 4) is 0 Å². The van der Waals surface area contributed by atoms with Crippen LogP contribution in [0.4, 0.5) is 4.79 Å². The molecule has 2 fully saturated rings. The molecule has 3 rings (SSSR count). The molecule has 2 aliphatic heterocycles. The Balaban J connectivity index is 1.85. The van der Waals surface area contributed by atoms with Crippen molar-refractivity contribution >= 4 is 17.8 Å². The van der Waals surface area contributed by atoms with Gasteiger partial charge in [-0.05, 0) is 63.9 Å². The largest absolute Gasteiger partial charge is 0.342 e. The number of urea groups is 1. The molecule has 1 aromatic rings. The molecule has 2 heterocycles. The molecule has 176 valence electrons. The average molecular weight is 443 g/mol. The molecule has 7 heteroatoms. The zero-order chi connectivity index (χ0) is 23.5. The molecule has 1 atom stereocenters. The summed E-state index contributed by atoms with van der Waals surface area (Å²) in [7, 11) is 3.97. The van der Waals surface area contributed by atoms with Gasteiger partial charge in [-0.15, -0.1) is 0 Å². The minimum absolute atomic E-state index is 0.00591. The number of likely N-dealkylation sites (tertiary alicyclic amines) is 1. The Bertz CT molecular complexity index is 845. The van der Waals surface area contributed by atoms with Crippen molar-refractivity contribution in [1.82, 2.24) is 20.0 Å². The first kappa shape index (κ1) is 24.2. The topological polar surface area (TPSA) is 73.0 Å². The van der Waals surface area contributed by atoms with E-state index < -0.39 is 5.54 Å². The van der Waals surface area contributed by atoms with Gasteiger partial charge < -0.3 is 15.1 Å². The molecule has 2 aliphatic rings. The summed E-state index contributed by atoms with van der Waals surface area (Å²) in [6.07, 6.45) is 2.65. The molecule has 0 aliphatic carbocycles. The lowest BCUT2D eigenvalue weighted by atomic mass is 9.73. The molecule has 0 radical (unpaired) electrons. The summed E-state index contributed by atoms with van der Waals surface area (Å²) in [6.45, 7) is 8.37. The Morgan fingerprint density at radius 2 is 1.84 bits per heavy atom. The van der Waals surface area contributed by atoms with Crippen LogP contribution < -0.4 is 5.32 Å². The van der Waals surface area contributed by atoms with E-state index in [0.717, 1.165) is 24.1 Å². The molecule has 1 N–H and O–H groups in total. The molecule has 1 aromatic carbocycles. The second-order valence-electron chi connectivity index (χ2n) is 9.87. The molecule has 32 heavy (non-hydrogen) atoms. The summed E-state index contributed by atoms with van der Waals surface area (Å²) >= 11 is 0. The molecule has 0 aromatic heterocycles. The second kappa shape index (κ2) is 10.0. The summed E-state index contributed by atoms with van der Waals surface area (Å²) in [5.41, 5.74) is 1.25. The molecule has 0 spiro atoms. The summed E-state index contributed by atoms with van der Waals surface area (Å²) in [6, 6.07) is 7.77. The molecule has 0 saturated carbocycles. The van der Waals surface area contributed by atoms with Gasteiger partial charge in [0.05, 0.1) is 0 Å². The lowest BCUT2D eigenvalue weighted by Gasteiger charge is -2.41. The Hall–Kier alpha value is -2.41. The summed E-state index contributed by atoms with van der Waals surface area (Å²) in [4.78, 5) is 44.6. The quantitative estimate of drug-likeness (QED) is 0.629. The fourth-order valence-electron chi connectivity index (χ4n) is 5.00. The Morgan fingerprint density at radius 3 is 2.44 bits per heavy atom. The number of nitrogens with one attached hydrogen (secondary N) is 1. The predicted octanol–water partition coefficient (Wildman–Crippen LogP) is 2.67. The number of hydrogen-bond donors (Lipinski definition) is 1. The first-order chi connectivity index (χ1) is 15.2. The van der Waals surface area contributed by atoms with Crippen LogP contribution in [-0.2, 0) is 16.0 Å². The standard InChI is InChI=1S/C25H38N4O3/c1-18(2)22(30)28-15-11-21(12-16-28)25(17-20-10-7-6-9-19(20)3)23(31)29(24(32)26-25)14-8-13-27(4)5/h6-7,9-10,18,21H,8,11-17H2,1-5H3,(H,26,32)/t25-/m1/s1. The van der Waals surface area contributed by atoms with Crippen LogP contribution in [0.2, 0.25) is 0 Å². The maximum absolute atomic E-state index is 13.8. The summed E-state index contributed by atoms with van der Waals surface area (Å²) in [5.74, 6) is 0.00254. The molecule has 0 bridgehead atoms. The number of carbonyl (C=O) groups is 3. The molecule has 7 nitrogen and oxygen atoms in total. The van der Waals surface area contributed by atoms with Gasteiger partial charge in [0, 0.05) is 32.0 Å². The van der Waals surface area contributed by atoms with E-state index in [1.165, 1.54) is 4.90 Å². The van der Waals surface area contributed by atoms with Crippen molar-refractivity contribution in [2.45, 2.75) is 52.0 Å². The maximum Gasteiger partial charge on any atom is 0.325 e. The van der Waals surface area contributed by atoms with Crippen molar-refractivity contribution in [1.29, 1.82) is 0 Å². The Labute approximate surface area is 192 Å². The number of aryl methyl sites for hydroxylation is 1. The molecule has 4 amide bonds. The molecule has 0 unspecified atom stereocenters. The SMILES string of the molecule is Cc1ccccc1C[C@]1(C2CCN(C(=O)C(C)C)CC2)NC(=O)N(CCCN(C)C)C1=O. The number of carbonyl (C=O) groups excluding carboxylic acids is 3. The first-order valence-corrected chi connectivity index (χ1v) is 11.8. The Morgan fingerprint density at radius 1 is 1.19 bits per heavy atom. The minimum Gasteiger partial charge on any atom is -0.342 e. The van der Waals surface area contributed by atoms with E-state index in [9.17, 15) is 14.4 Å². The third kappa shape index (κ3) is 4.98. The van der Waals surface area contributed by atoms with Crippen molar-refractivity contribution in [3.63, 3.8) is 0 Å². The monoisotopic (exact) mass is 442 g/mol. The van der Waals surface area contributed by atoms with Gasteiger partial charge in [-0.2, -0.15) is 0 Å². The van der Waals surface area contributed by atoms with Crippen molar-refractivity contribution in [3.05, 3.63) is 35.4 Å². The van der Waals surface area contributed by atoms with Crippen LogP contribution in [0.25, 0.3) is 0 Å². The van der Waals surface area contributed by atoms with Gasteiger partial charge in [0.15, 0.2) is 0 Å². The van der Waals surface area contributed by atoms with Crippen LogP contribution in [0.3, 0.4) is 0 Å². The van der Waals surface area contributed by atoms with E-state index in [1.54, 1.807) is 0 Å². The van der Waals surface area contributed by atoms with Gasteiger partial charge >= 0.3 is 6.03 Å². The number of nitrogens with zero attached hydrogens (tertiary/aromatic N) is 3. The molecule has 2 saturated heterocycles. The molecular weight excluding hydrogens is 404 g/mol. The van der Waals surface area contributed by atoms with Crippen molar-refractivity contribution in [2.75, 3.05) is 40.3 Å². The van der Waals surface area contributed by atoms with Gasteiger partial charge in [0.2, 0.25) is 5.91 Å². The lowest BCUT2D eigenvalue weighted by molar-refractivity contribution is -0.138. The van der Waals surface area contributed by atoms with Crippen LogP contribution in [0.1, 0.15) is 44.2 Å². The van der Waals surface area contributed by atoms with Gasteiger partial charge in [-0.25, -0.2) is 4.79 Å². The van der Waals surface area contributed by atoms with Crippen LogP contribution in [0.5, 0.6) is 0 Å². The van der Waals surface area contributed by atoms with Crippen molar-refractivity contribution in [2.24, 2.45) is 11.8 Å². The van der Waals surface area contributed by atoms with E-state index in [1.807, 2.05) is 64.0 Å². The maximum atomic E-state index is 13.8. The third-order valence-corrected chi connectivity index (χ3v) is 6.92. The predicted molar refractivity (Wildman–Crippen MR) is 125 cm³/mol. The number of rotatable bonds is 8. The highest BCUT2D eigenvalue weighted by Crippen LogP contribution is 2.37. The third-order valence-electron chi connectivity index (χ3n) is 6.92. The number of amides is 4. The fourth-order valence-corrected chi connectivity index (χ4v) is 5.00. The van der Waals surface area contributed by atoms with Crippen LogP contribution in [0.15, 0.2) is 24.3 Å². The fraction of sp³-hybridized carbons (Fsp3) is 0.640. The smallest absolute Gasteiger partial charge is 0.325 e. The highest BCUT2D eigenvalue weighted by atomic mass is 16.2. The van der Waals surface area contributed by atoms with E-state index >= 15 is 0 Å². The number of hydrogen-bond acceptors (Lipinski definition) is 4. The number of benzene rings is 1. The highest BCUT2D eigenvalue weighted by molar-refractivity contribution is 6.07. The van der Waals surface area contributed by atoms with E-state index in [-0.39, 0.29) is 29.7 Å². The zero-order valence-corrected chi connectivity index (χ0v) is 20.2. The zero-order valence-electron chi connectivity index (χ0n) is 20.2. The lowest BCUT2D eigenvalue weighted by Crippen LogP contribution is -2.58.